The molecule has 6 nitrogen and oxygen atoms in total. The van der Waals surface area contributed by atoms with E-state index in [1.807, 2.05) is 0 Å². The average Bonchev–Trinajstić information content (AvgIpc) is 2.60. The van der Waals surface area contributed by atoms with Crippen molar-refractivity contribution in [1.82, 2.24) is 4.90 Å². The van der Waals surface area contributed by atoms with Gasteiger partial charge in [0.25, 0.3) is 0 Å². The molecule has 18 heavy (non-hydrogen) atoms. The molecule has 0 aliphatic carbocycles. The lowest BCUT2D eigenvalue weighted by molar-refractivity contribution is -0.139. The lowest BCUT2D eigenvalue weighted by Gasteiger charge is -2.16. The second-order valence-electron chi connectivity index (χ2n) is 4.06. The van der Waals surface area contributed by atoms with Crippen LogP contribution in [0.1, 0.15) is 28.8 Å². The van der Waals surface area contributed by atoms with Crippen molar-refractivity contribution < 1.29 is 19.5 Å². The number of nitrogen functional groups attached to an aromatic ring is 1. The van der Waals surface area contributed by atoms with Crippen molar-refractivity contribution in [2.45, 2.75) is 19.4 Å². The van der Waals surface area contributed by atoms with Gasteiger partial charge in [-0.1, -0.05) is 12.1 Å². The van der Waals surface area contributed by atoms with Gasteiger partial charge in [0.2, 0.25) is 11.8 Å². The Bertz CT molecular complexity index is 523. The first kappa shape index (κ1) is 12.1. The van der Waals surface area contributed by atoms with Gasteiger partial charge in [0, 0.05) is 18.5 Å². The Hall–Kier alpha value is -2.37. The van der Waals surface area contributed by atoms with Crippen molar-refractivity contribution in [1.29, 1.82) is 0 Å². The number of nitrogens with zero attached hydrogens (tertiary/aromatic N) is 1. The van der Waals surface area contributed by atoms with Gasteiger partial charge in [0.1, 0.15) is 0 Å². The fourth-order valence-corrected chi connectivity index (χ4v) is 1.98. The van der Waals surface area contributed by atoms with Gasteiger partial charge in [-0.25, -0.2) is 4.79 Å². The monoisotopic (exact) mass is 248 g/mol. The molecule has 3 N–H and O–H groups in total. The molecule has 1 aromatic rings. The number of benzene rings is 1. The van der Waals surface area contributed by atoms with Crippen molar-refractivity contribution in [3.63, 3.8) is 0 Å². The number of nitrogens with two attached hydrogens (primary N) is 1. The molecule has 1 fully saturated rings. The van der Waals surface area contributed by atoms with Crippen LogP contribution in [0.15, 0.2) is 18.2 Å². The lowest BCUT2D eigenvalue weighted by atomic mass is 10.1. The summed E-state index contributed by atoms with van der Waals surface area (Å²) < 4.78 is 0. The van der Waals surface area contributed by atoms with E-state index >= 15 is 0 Å². The van der Waals surface area contributed by atoms with Crippen LogP contribution in [0.3, 0.4) is 0 Å². The predicted octanol–water partition coefficient (Wildman–Crippen LogP) is 0.616. The van der Waals surface area contributed by atoms with Gasteiger partial charge in [-0.2, -0.15) is 0 Å². The van der Waals surface area contributed by atoms with Gasteiger partial charge in [-0.3, -0.25) is 14.5 Å². The summed E-state index contributed by atoms with van der Waals surface area (Å²) in [7, 11) is 0. The van der Waals surface area contributed by atoms with Crippen LogP contribution in [0, 0.1) is 0 Å². The van der Waals surface area contributed by atoms with Crippen LogP contribution >= 0.6 is 0 Å². The SMILES string of the molecule is Nc1cccc(CN2C(=O)CCC2=O)c1C(=O)O. The van der Waals surface area contributed by atoms with Gasteiger partial charge >= 0.3 is 5.97 Å². The fraction of sp³-hybridized carbons (Fsp3) is 0.250. The highest BCUT2D eigenvalue weighted by Gasteiger charge is 2.30. The first-order valence-corrected chi connectivity index (χ1v) is 5.44. The number of imide groups is 1. The number of anilines is 1. The highest BCUT2D eigenvalue weighted by atomic mass is 16.4. The number of carbonyl (C=O) groups is 3. The molecule has 0 unspecified atom stereocenters. The summed E-state index contributed by atoms with van der Waals surface area (Å²) in [6, 6.07) is 4.63. The zero-order valence-electron chi connectivity index (χ0n) is 9.55. The molecule has 0 bridgehead atoms. The summed E-state index contributed by atoms with van der Waals surface area (Å²) in [6.07, 6.45) is 0.368. The first-order chi connectivity index (χ1) is 8.50. The molecule has 0 radical (unpaired) electrons. The number of carboxylic acid groups (broad SMARTS) is 1. The Morgan fingerprint density at radius 2 is 1.89 bits per heavy atom. The first-order valence-electron chi connectivity index (χ1n) is 5.44. The molecule has 0 saturated carbocycles. The number of carboxylic acids is 1. The summed E-state index contributed by atoms with van der Waals surface area (Å²) in [5.74, 6) is -1.72. The topological polar surface area (TPSA) is 101 Å². The second-order valence-corrected chi connectivity index (χ2v) is 4.06. The predicted molar refractivity (Wildman–Crippen MR) is 62.6 cm³/mol. The largest absolute Gasteiger partial charge is 0.478 e. The van der Waals surface area contributed by atoms with E-state index in [1.165, 1.54) is 6.07 Å². The molecule has 1 aromatic carbocycles. The van der Waals surface area contributed by atoms with Crippen molar-refractivity contribution in [2.75, 3.05) is 5.73 Å². The zero-order valence-corrected chi connectivity index (χ0v) is 9.55. The molecular formula is C12H12N2O4. The normalized spacial score (nSPS) is 15.2. The molecule has 6 heteroatoms. The zero-order chi connectivity index (χ0) is 13.3. The minimum absolute atomic E-state index is 0.0374. The molecule has 0 atom stereocenters. The number of hydrogen-bond donors (Lipinski definition) is 2. The van der Waals surface area contributed by atoms with Crippen LogP contribution in [-0.2, 0) is 16.1 Å². The lowest BCUT2D eigenvalue weighted by Crippen LogP contribution is -2.29. The Kier molecular flexibility index (Phi) is 3.01. The van der Waals surface area contributed by atoms with E-state index in [-0.39, 0.29) is 42.5 Å². The molecule has 1 saturated heterocycles. The second kappa shape index (κ2) is 4.48. The number of likely N-dealkylation sites (tertiary alicyclic amines) is 1. The van der Waals surface area contributed by atoms with Crippen LogP contribution in [0.25, 0.3) is 0 Å². The van der Waals surface area contributed by atoms with E-state index < -0.39 is 5.97 Å². The minimum Gasteiger partial charge on any atom is -0.478 e. The summed E-state index contributed by atoms with van der Waals surface area (Å²) in [5.41, 5.74) is 6.04. The molecular weight excluding hydrogens is 236 g/mol. The quantitative estimate of drug-likeness (QED) is 0.603. The number of rotatable bonds is 3. The minimum atomic E-state index is -1.16. The van der Waals surface area contributed by atoms with Crippen molar-refractivity contribution in [3.8, 4) is 0 Å². The third-order valence-corrected chi connectivity index (χ3v) is 2.88. The molecule has 0 aromatic heterocycles. The summed E-state index contributed by atoms with van der Waals surface area (Å²) in [4.78, 5) is 35.1. The molecule has 0 spiro atoms. The summed E-state index contributed by atoms with van der Waals surface area (Å²) in [6.45, 7) is -0.0374. The highest BCUT2D eigenvalue weighted by molar-refractivity contribution is 6.02. The maximum atomic E-state index is 11.5. The van der Waals surface area contributed by atoms with E-state index in [0.717, 1.165) is 4.90 Å². The van der Waals surface area contributed by atoms with Gasteiger partial charge in [-0.15, -0.1) is 0 Å². The van der Waals surface area contributed by atoms with E-state index in [1.54, 1.807) is 12.1 Å². The number of aromatic carboxylic acids is 1. The van der Waals surface area contributed by atoms with Gasteiger partial charge in [0.15, 0.2) is 0 Å². The van der Waals surface area contributed by atoms with Crippen LogP contribution in [-0.4, -0.2) is 27.8 Å². The average molecular weight is 248 g/mol. The molecule has 2 amide bonds. The van der Waals surface area contributed by atoms with E-state index in [4.69, 9.17) is 10.8 Å². The Morgan fingerprint density at radius 3 is 2.44 bits per heavy atom. The van der Waals surface area contributed by atoms with Gasteiger partial charge < -0.3 is 10.8 Å². The molecule has 94 valence electrons. The number of carbonyl (C=O) groups excluding carboxylic acids is 2. The van der Waals surface area contributed by atoms with Gasteiger partial charge in [0.05, 0.1) is 12.1 Å². The van der Waals surface area contributed by atoms with E-state index in [0.29, 0.717) is 5.56 Å². The smallest absolute Gasteiger partial charge is 0.338 e. The van der Waals surface area contributed by atoms with Crippen LogP contribution in [0.4, 0.5) is 5.69 Å². The molecule has 1 aliphatic rings. The number of amides is 2. The summed E-state index contributed by atoms with van der Waals surface area (Å²) in [5, 5.41) is 9.08. The number of hydrogen-bond acceptors (Lipinski definition) is 4. The van der Waals surface area contributed by atoms with Crippen molar-refractivity contribution >= 4 is 23.5 Å². The third-order valence-electron chi connectivity index (χ3n) is 2.88. The van der Waals surface area contributed by atoms with Crippen LogP contribution < -0.4 is 5.73 Å². The fourth-order valence-electron chi connectivity index (χ4n) is 1.98. The Morgan fingerprint density at radius 1 is 1.28 bits per heavy atom. The van der Waals surface area contributed by atoms with Crippen LogP contribution in [0.5, 0.6) is 0 Å². The van der Waals surface area contributed by atoms with E-state index in [2.05, 4.69) is 0 Å². The Labute approximate surface area is 103 Å². The van der Waals surface area contributed by atoms with Crippen molar-refractivity contribution in [3.05, 3.63) is 29.3 Å². The standard InChI is InChI=1S/C12H12N2O4/c13-8-3-1-2-7(11(8)12(17)18)6-14-9(15)4-5-10(14)16/h1-3H,4-6,13H2,(H,17,18). The molecule has 1 aliphatic heterocycles. The third kappa shape index (κ3) is 2.04. The Balaban J connectivity index is 2.35. The van der Waals surface area contributed by atoms with Crippen molar-refractivity contribution in [2.24, 2.45) is 0 Å². The summed E-state index contributed by atoms with van der Waals surface area (Å²) >= 11 is 0. The highest BCUT2D eigenvalue weighted by Crippen LogP contribution is 2.22. The maximum Gasteiger partial charge on any atom is 0.338 e. The van der Waals surface area contributed by atoms with Gasteiger partial charge in [-0.05, 0) is 11.6 Å². The van der Waals surface area contributed by atoms with E-state index in [9.17, 15) is 14.4 Å². The molecule has 2 rings (SSSR count). The molecule has 1 heterocycles. The van der Waals surface area contributed by atoms with Crippen LogP contribution in [0.2, 0.25) is 0 Å². The maximum absolute atomic E-state index is 11.5.